The minimum Gasteiger partial charge on any atom is -0.351 e. The van der Waals surface area contributed by atoms with Crippen molar-refractivity contribution in [3.05, 3.63) is 42.2 Å². The number of benzene rings is 1. The number of hydrogen-bond acceptors (Lipinski definition) is 6. The van der Waals surface area contributed by atoms with Crippen molar-refractivity contribution < 1.29 is 9.18 Å². The van der Waals surface area contributed by atoms with Crippen LogP contribution in [0.3, 0.4) is 0 Å². The van der Waals surface area contributed by atoms with E-state index in [4.69, 9.17) is 10.8 Å². The summed E-state index contributed by atoms with van der Waals surface area (Å²) in [6.07, 6.45) is 0.672. The Morgan fingerprint density at radius 2 is 1.89 bits per heavy atom. The van der Waals surface area contributed by atoms with Gasteiger partial charge in [0.05, 0.1) is 12.1 Å². The van der Waals surface area contributed by atoms with Crippen LogP contribution in [0.25, 0.3) is 17.0 Å². The Kier molecular flexibility index (Phi) is 3.57. The molecule has 2 fully saturated rings. The van der Waals surface area contributed by atoms with Crippen molar-refractivity contribution in [2.24, 2.45) is 5.73 Å². The predicted molar refractivity (Wildman–Crippen MR) is 96.5 cm³/mol. The molecular formula is C18H18FN7O. The van der Waals surface area contributed by atoms with Crippen LogP contribution in [0.15, 0.2) is 36.4 Å². The Hall–Kier alpha value is -3.07. The van der Waals surface area contributed by atoms with Gasteiger partial charge in [-0.1, -0.05) is 0 Å². The molecule has 138 valence electrons. The third-order valence-electron chi connectivity index (χ3n) is 5.28. The molecule has 2 saturated heterocycles. The normalized spacial score (nSPS) is 22.5. The van der Waals surface area contributed by atoms with E-state index in [1.807, 2.05) is 17.0 Å². The van der Waals surface area contributed by atoms with E-state index in [9.17, 15) is 9.18 Å². The van der Waals surface area contributed by atoms with Crippen LogP contribution in [-0.4, -0.2) is 62.3 Å². The number of hydrogen-bond donors (Lipinski definition) is 1. The molecule has 0 aliphatic carbocycles. The van der Waals surface area contributed by atoms with E-state index in [1.165, 1.54) is 12.1 Å². The maximum Gasteiger partial charge on any atom is 0.239 e. The fourth-order valence-electron chi connectivity index (χ4n) is 3.89. The van der Waals surface area contributed by atoms with Crippen LogP contribution in [-0.2, 0) is 4.79 Å². The summed E-state index contributed by atoms with van der Waals surface area (Å²) in [6, 6.07) is 9.59. The summed E-state index contributed by atoms with van der Waals surface area (Å²) in [5.41, 5.74) is 7.27. The van der Waals surface area contributed by atoms with Crippen molar-refractivity contribution >= 4 is 17.4 Å². The predicted octanol–water partition coefficient (Wildman–Crippen LogP) is 0.679. The standard InChI is InChI=1S/C18H18FN7O/c19-12-3-1-11(2-4-12)17-22-21-15-5-6-16(23-26(15)17)24-7-8-25-13(10-24)9-14(20)18(25)27/h1-6,13-14H,7-10,20H2. The fraction of sp³-hybridized carbons (Fsp3) is 0.333. The van der Waals surface area contributed by atoms with Crippen LogP contribution >= 0.6 is 0 Å². The van der Waals surface area contributed by atoms with Crippen molar-refractivity contribution in [3.63, 3.8) is 0 Å². The lowest BCUT2D eigenvalue weighted by molar-refractivity contribution is -0.130. The molecule has 2 aromatic heterocycles. The molecule has 8 nitrogen and oxygen atoms in total. The van der Waals surface area contributed by atoms with E-state index in [2.05, 4.69) is 15.1 Å². The van der Waals surface area contributed by atoms with Gasteiger partial charge in [-0.15, -0.1) is 15.3 Å². The number of carbonyl (C=O) groups is 1. The number of anilines is 1. The first kappa shape index (κ1) is 16.1. The van der Waals surface area contributed by atoms with Gasteiger partial charge in [-0.25, -0.2) is 4.39 Å². The Morgan fingerprint density at radius 3 is 2.70 bits per heavy atom. The molecule has 27 heavy (non-hydrogen) atoms. The van der Waals surface area contributed by atoms with Crippen molar-refractivity contribution in [1.29, 1.82) is 0 Å². The third-order valence-corrected chi connectivity index (χ3v) is 5.28. The third kappa shape index (κ3) is 2.62. The lowest BCUT2D eigenvalue weighted by Gasteiger charge is -2.37. The van der Waals surface area contributed by atoms with Gasteiger partial charge in [-0.3, -0.25) is 4.79 Å². The average Bonchev–Trinajstić information content (AvgIpc) is 3.23. The van der Waals surface area contributed by atoms with Crippen molar-refractivity contribution in [2.75, 3.05) is 24.5 Å². The zero-order valence-electron chi connectivity index (χ0n) is 14.5. The van der Waals surface area contributed by atoms with Crippen LogP contribution in [0, 0.1) is 5.82 Å². The van der Waals surface area contributed by atoms with E-state index in [0.29, 0.717) is 37.5 Å². The van der Waals surface area contributed by atoms with E-state index in [-0.39, 0.29) is 17.8 Å². The van der Waals surface area contributed by atoms with Gasteiger partial charge in [0.1, 0.15) is 11.6 Å². The number of nitrogens with two attached hydrogens (primary N) is 1. The van der Waals surface area contributed by atoms with Crippen LogP contribution < -0.4 is 10.6 Å². The molecule has 2 aliphatic heterocycles. The van der Waals surface area contributed by atoms with Crippen molar-refractivity contribution in [3.8, 4) is 11.4 Å². The maximum absolute atomic E-state index is 13.2. The summed E-state index contributed by atoms with van der Waals surface area (Å²) in [5.74, 6) is 1.09. The van der Waals surface area contributed by atoms with Crippen LogP contribution in [0.1, 0.15) is 6.42 Å². The van der Waals surface area contributed by atoms with E-state index >= 15 is 0 Å². The van der Waals surface area contributed by atoms with Gasteiger partial charge in [0.2, 0.25) is 5.91 Å². The largest absolute Gasteiger partial charge is 0.351 e. The molecular weight excluding hydrogens is 349 g/mol. The average molecular weight is 367 g/mol. The number of amides is 1. The summed E-state index contributed by atoms with van der Waals surface area (Å²) in [5, 5.41) is 13.0. The molecule has 1 amide bonds. The van der Waals surface area contributed by atoms with Gasteiger partial charge >= 0.3 is 0 Å². The maximum atomic E-state index is 13.2. The minimum atomic E-state index is -0.395. The Balaban J connectivity index is 1.47. The molecule has 2 unspecified atom stereocenters. The number of rotatable bonds is 2. The fourth-order valence-corrected chi connectivity index (χ4v) is 3.89. The lowest BCUT2D eigenvalue weighted by Crippen LogP contribution is -2.52. The highest BCUT2D eigenvalue weighted by molar-refractivity contribution is 5.84. The lowest BCUT2D eigenvalue weighted by atomic mass is 10.1. The summed E-state index contributed by atoms with van der Waals surface area (Å²) in [7, 11) is 0. The Morgan fingerprint density at radius 1 is 1.07 bits per heavy atom. The van der Waals surface area contributed by atoms with Crippen LogP contribution in [0.2, 0.25) is 0 Å². The number of halogens is 1. The molecule has 9 heteroatoms. The van der Waals surface area contributed by atoms with Crippen molar-refractivity contribution in [1.82, 2.24) is 24.7 Å². The summed E-state index contributed by atoms with van der Waals surface area (Å²) in [4.78, 5) is 16.1. The Labute approximate surface area is 154 Å². The molecule has 0 spiro atoms. The summed E-state index contributed by atoms with van der Waals surface area (Å²) in [6.45, 7) is 2.04. The zero-order chi connectivity index (χ0) is 18.5. The molecule has 1 aromatic carbocycles. The molecule has 0 radical (unpaired) electrons. The van der Waals surface area contributed by atoms with Gasteiger partial charge in [0.25, 0.3) is 0 Å². The topological polar surface area (TPSA) is 92.7 Å². The molecule has 3 aromatic rings. The van der Waals surface area contributed by atoms with Gasteiger partial charge in [-0.2, -0.15) is 4.52 Å². The quantitative estimate of drug-likeness (QED) is 0.716. The van der Waals surface area contributed by atoms with Crippen molar-refractivity contribution in [2.45, 2.75) is 18.5 Å². The first-order valence-electron chi connectivity index (χ1n) is 8.89. The molecule has 0 saturated carbocycles. The van der Waals surface area contributed by atoms with E-state index in [1.54, 1.807) is 16.6 Å². The first-order chi connectivity index (χ1) is 13.1. The summed E-state index contributed by atoms with van der Waals surface area (Å²) >= 11 is 0. The molecule has 2 aliphatic rings. The van der Waals surface area contributed by atoms with Crippen LogP contribution in [0.4, 0.5) is 10.2 Å². The second-order valence-corrected chi connectivity index (χ2v) is 6.97. The molecule has 2 N–H and O–H groups in total. The first-order valence-corrected chi connectivity index (χ1v) is 8.89. The molecule has 4 heterocycles. The van der Waals surface area contributed by atoms with E-state index < -0.39 is 6.04 Å². The van der Waals surface area contributed by atoms with Crippen LogP contribution in [0.5, 0.6) is 0 Å². The molecule has 5 rings (SSSR count). The number of fused-ring (bicyclic) bond motifs is 2. The number of carbonyl (C=O) groups excluding carboxylic acids is 1. The number of nitrogens with zero attached hydrogens (tertiary/aromatic N) is 6. The Bertz CT molecular complexity index is 1020. The van der Waals surface area contributed by atoms with Gasteiger partial charge < -0.3 is 15.5 Å². The van der Waals surface area contributed by atoms with Gasteiger partial charge in [0, 0.05) is 25.2 Å². The second-order valence-electron chi connectivity index (χ2n) is 6.97. The number of piperazine rings is 1. The highest BCUT2D eigenvalue weighted by Gasteiger charge is 2.40. The zero-order valence-corrected chi connectivity index (χ0v) is 14.5. The van der Waals surface area contributed by atoms with E-state index in [0.717, 1.165) is 11.4 Å². The van der Waals surface area contributed by atoms with Gasteiger partial charge in [0.15, 0.2) is 11.5 Å². The molecule has 0 bridgehead atoms. The second kappa shape index (κ2) is 5.98. The highest BCUT2D eigenvalue weighted by Crippen LogP contribution is 2.26. The van der Waals surface area contributed by atoms with Gasteiger partial charge in [-0.05, 0) is 42.8 Å². The highest BCUT2D eigenvalue weighted by atomic mass is 19.1. The smallest absolute Gasteiger partial charge is 0.239 e. The summed E-state index contributed by atoms with van der Waals surface area (Å²) < 4.78 is 14.9. The number of aromatic nitrogens is 4. The molecule has 2 atom stereocenters. The SMILES string of the molecule is NC1CC2CN(c3ccc4nnc(-c5ccc(F)cc5)n4n3)CCN2C1=O. The monoisotopic (exact) mass is 367 g/mol. The minimum absolute atomic E-state index is 0.0421.